The van der Waals surface area contributed by atoms with Crippen LogP contribution in [0.25, 0.3) is 10.1 Å². The molecule has 3 rings (SSSR count). The zero-order valence-electron chi connectivity index (χ0n) is 14.0. The lowest BCUT2D eigenvalue weighted by Gasteiger charge is -2.05. The number of thiophene rings is 1. The van der Waals surface area contributed by atoms with E-state index in [9.17, 15) is 24.5 Å². The minimum absolute atomic E-state index is 0.0845. The molecule has 0 saturated carbocycles. The summed E-state index contributed by atoms with van der Waals surface area (Å²) in [6.07, 6.45) is 1.66. The van der Waals surface area contributed by atoms with Gasteiger partial charge in [0.2, 0.25) is 0 Å². The topological polar surface area (TPSA) is 121 Å². The van der Waals surface area contributed by atoms with Crippen molar-refractivity contribution in [2.75, 3.05) is 6.61 Å². The van der Waals surface area contributed by atoms with E-state index < -0.39 is 29.3 Å². The summed E-state index contributed by atoms with van der Waals surface area (Å²) in [5.41, 5.74) is 0.208. The number of esters is 1. The average molecular weight is 387 g/mol. The number of fused-ring (bicyclic) bond motifs is 1. The maximum Gasteiger partial charge on any atom is 0.348 e. The Morgan fingerprint density at radius 1 is 1.26 bits per heavy atom. The summed E-state index contributed by atoms with van der Waals surface area (Å²) in [6, 6.07) is 8.91. The quantitative estimate of drug-likeness (QED) is 0.407. The summed E-state index contributed by atoms with van der Waals surface area (Å²) in [7, 11) is 1.66. The third-order valence-electron chi connectivity index (χ3n) is 3.68. The number of carbonyl (C=O) groups excluding carboxylic acids is 3. The molecule has 138 valence electrons. The van der Waals surface area contributed by atoms with Crippen LogP contribution in [0.2, 0.25) is 0 Å². The zero-order valence-corrected chi connectivity index (χ0v) is 14.8. The molecule has 0 bridgehead atoms. The maximum atomic E-state index is 12.1. The van der Waals surface area contributed by atoms with Gasteiger partial charge in [-0.3, -0.25) is 25.0 Å². The molecular formula is C17H13N3O6S. The Bertz CT molecular complexity index is 1070. The number of imide groups is 1. The Balaban J connectivity index is 1.61. The number of nitro groups is 1. The molecule has 0 spiro atoms. The van der Waals surface area contributed by atoms with Crippen molar-refractivity contribution in [1.29, 1.82) is 0 Å². The molecule has 2 aromatic heterocycles. The van der Waals surface area contributed by atoms with Crippen molar-refractivity contribution < 1.29 is 24.0 Å². The van der Waals surface area contributed by atoms with E-state index in [0.29, 0.717) is 15.8 Å². The first-order valence-electron chi connectivity index (χ1n) is 7.66. The molecule has 1 aromatic carbocycles. The molecule has 0 radical (unpaired) electrons. The highest BCUT2D eigenvalue weighted by molar-refractivity contribution is 7.20. The molecule has 3 aromatic rings. The highest BCUT2D eigenvalue weighted by Crippen LogP contribution is 2.29. The summed E-state index contributed by atoms with van der Waals surface area (Å²) >= 11 is 1.09. The Kier molecular flexibility index (Phi) is 4.99. The first-order chi connectivity index (χ1) is 12.8. The first-order valence-corrected chi connectivity index (χ1v) is 8.47. The predicted octanol–water partition coefficient (Wildman–Crippen LogP) is 2.26. The van der Waals surface area contributed by atoms with Gasteiger partial charge in [0.15, 0.2) is 6.61 Å². The number of aryl methyl sites for hydroxylation is 1. The Morgan fingerprint density at radius 2 is 2.04 bits per heavy atom. The molecule has 0 fully saturated rings. The van der Waals surface area contributed by atoms with Crippen LogP contribution in [0.1, 0.15) is 20.2 Å². The third kappa shape index (κ3) is 4.01. The molecule has 0 aliphatic carbocycles. The van der Waals surface area contributed by atoms with Gasteiger partial charge in [0.05, 0.1) is 4.92 Å². The van der Waals surface area contributed by atoms with E-state index >= 15 is 0 Å². The number of aromatic nitrogens is 1. The van der Waals surface area contributed by atoms with Crippen molar-refractivity contribution in [1.82, 2.24) is 9.88 Å². The molecule has 0 atom stereocenters. The molecule has 9 nitrogen and oxygen atoms in total. The van der Waals surface area contributed by atoms with Gasteiger partial charge in [0.1, 0.15) is 10.6 Å². The van der Waals surface area contributed by atoms with Crippen LogP contribution >= 0.6 is 11.3 Å². The minimum atomic E-state index is -0.758. The highest BCUT2D eigenvalue weighted by atomic mass is 32.1. The van der Waals surface area contributed by atoms with Gasteiger partial charge in [-0.1, -0.05) is 0 Å². The molecule has 0 aliphatic heterocycles. The van der Waals surface area contributed by atoms with Gasteiger partial charge in [-0.2, -0.15) is 0 Å². The lowest BCUT2D eigenvalue weighted by Crippen LogP contribution is -2.35. The van der Waals surface area contributed by atoms with Crippen molar-refractivity contribution in [3.63, 3.8) is 0 Å². The fourth-order valence-corrected chi connectivity index (χ4v) is 3.31. The SMILES string of the molecule is Cn1cccc1C(=O)NC(=O)COC(=O)c1cc2cc([N+](=O)[O-])ccc2s1. The predicted molar refractivity (Wildman–Crippen MR) is 96.6 cm³/mol. The number of ether oxygens (including phenoxy) is 1. The second-order valence-corrected chi connectivity index (χ2v) is 6.63. The summed E-state index contributed by atoms with van der Waals surface area (Å²) in [5, 5.41) is 13.5. The van der Waals surface area contributed by atoms with Crippen LogP contribution in [0.5, 0.6) is 0 Å². The lowest BCUT2D eigenvalue weighted by atomic mass is 10.2. The van der Waals surface area contributed by atoms with Gasteiger partial charge in [0.25, 0.3) is 17.5 Å². The van der Waals surface area contributed by atoms with Gasteiger partial charge >= 0.3 is 5.97 Å². The molecule has 0 aliphatic rings. The van der Waals surface area contributed by atoms with Gasteiger partial charge in [-0.15, -0.1) is 11.3 Å². The van der Waals surface area contributed by atoms with Crippen LogP contribution in [0.3, 0.4) is 0 Å². The summed E-state index contributed by atoms with van der Waals surface area (Å²) in [4.78, 5) is 46.3. The smallest absolute Gasteiger partial charge is 0.348 e. The summed E-state index contributed by atoms with van der Waals surface area (Å²) in [5.74, 6) is -2.11. The molecule has 1 N–H and O–H groups in total. The zero-order chi connectivity index (χ0) is 19.6. The lowest BCUT2D eigenvalue weighted by molar-refractivity contribution is -0.384. The monoisotopic (exact) mass is 387 g/mol. The summed E-state index contributed by atoms with van der Waals surface area (Å²) < 4.78 is 7.14. The Hall–Kier alpha value is -3.53. The molecule has 2 heterocycles. The number of benzene rings is 1. The van der Waals surface area contributed by atoms with Crippen molar-refractivity contribution in [3.8, 4) is 0 Å². The van der Waals surface area contributed by atoms with Crippen LogP contribution in [-0.4, -0.2) is 33.9 Å². The number of hydrogen-bond donors (Lipinski definition) is 1. The minimum Gasteiger partial charge on any atom is -0.451 e. The first kappa shape index (κ1) is 18.3. The van der Waals surface area contributed by atoms with Gasteiger partial charge in [-0.25, -0.2) is 4.79 Å². The maximum absolute atomic E-state index is 12.1. The van der Waals surface area contributed by atoms with Crippen LogP contribution in [0, 0.1) is 10.1 Å². The van der Waals surface area contributed by atoms with E-state index in [1.807, 2.05) is 0 Å². The second kappa shape index (κ2) is 7.38. The van der Waals surface area contributed by atoms with Crippen LogP contribution < -0.4 is 5.32 Å². The van der Waals surface area contributed by atoms with Crippen molar-refractivity contribution in [2.45, 2.75) is 0 Å². The average Bonchev–Trinajstić information content (AvgIpc) is 3.24. The largest absolute Gasteiger partial charge is 0.451 e. The fourth-order valence-electron chi connectivity index (χ4n) is 2.37. The van der Waals surface area contributed by atoms with Gasteiger partial charge in [-0.05, 0) is 24.3 Å². The van der Waals surface area contributed by atoms with Crippen LogP contribution in [-0.2, 0) is 16.6 Å². The number of nitrogens with zero attached hydrogens (tertiary/aromatic N) is 2. The number of amides is 2. The number of hydrogen-bond acceptors (Lipinski definition) is 7. The van der Waals surface area contributed by atoms with Crippen LogP contribution in [0.15, 0.2) is 42.6 Å². The van der Waals surface area contributed by atoms with Crippen molar-refractivity contribution >= 4 is 44.9 Å². The van der Waals surface area contributed by atoms with E-state index in [4.69, 9.17) is 4.74 Å². The number of non-ortho nitro benzene ring substituents is 1. The van der Waals surface area contributed by atoms with Gasteiger partial charge < -0.3 is 9.30 Å². The normalized spacial score (nSPS) is 10.6. The highest BCUT2D eigenvalue weighted by Gasteiger charge is 2.17. The van der Waals surface area contributed by atoms with E-state index in [0.717, 1.165) is 11.3 Å². The van der Waals surface area contributed by atoms with E-state index in [1.54, 1.807) is 36.0 Å². The molecular weight excluding hydrogens is 374 g/mol. The molecule has 2 amide bonds. The Labute approximate surface area is 156 Å². The molecule has 27 heavy (non-hydrogen) atoms. The van der Waals surface area contributed by atoms with Crippen molar-refractivity contribution in [2.24, 2.45) is 7.05 Å². The molecule has 0 unspecified atom stereocenters. The third-order valence-corrected chi connectivity index (χ3v) is 4.77. The number of nitro benzene ring substituents is 1. The van der Waals surface area contributed by atoms with Crippen molar-refractivity contribution in [3.05, 3.63) is 63.3 Å². The van der Waals surface area contributed by atoms with E-state index in [1.165, 1.54) is 18.2 Å². The summed E-state index contributed by atoms with van der Waals surface area (Å²) in [6.45, 7) is -0.622. The number of carbonyl (C=O) groups is 3. The van der Waals surface area contributed by atoms with Crippen LogP contribution in [0.4, 0.5) is 5.69 Å². The Morgan fingerprint density at radius 3 is 2.70 bits per heavy atom. The van der Waals surface area contributed by atoms with Gasteiger partial charge in [0, 0.05) is 35.5 Å². The molecule has 10 heteroatoms. The molecule has 0 saturated heterocycles. The number of rotatable bonds is 5. The fraction of sp³-hybridized carbons (Fsp3) is 0.118. The van der Waals surface area contributed by atoms with E-state index in [-0.39, 0.29) is 10.6 Å². The standard InChI is InChI=1S/C17H13N3O6S/c1-19-6-2-3-12(19)16(22)18-15(21)9-26-17(23)14-8-10-7-11(20(24)25)4-5-13(10)27-14/h2-8H,9H2,1H3,(H,18,21,22). The second-order valence-electron chi connectivity index (χ2n) is 5.55. The van der Waals surface area contributed by atoms with E-state index in [2.05, 4.69) is 5.32 Å². The number of nitrogens with one attached hydrogen (secondary N) is 1.